The van der Waals surface area contributed by atoms with Crippen LogP contribution in [0.2, 0.25) is 0 Å². The van der Waals surface area contributed by atoms with E-state index in [-0.39, 0.29) is 5.82 Å². The molecular formula is C25H22FN5O. The summed E-state index contributed by atoms with van der Waals surface area (Å²) in [5.41, 5.74) is 7.05. The summed E-state index contributed by atoms with van der Waals surface area (Å²) in [5.74, 6) is 0.464. The van der Waals surface area contributed by atoms with Crippen molar-refractivity contribution in [3.8, 4) is 22.7 Å². The van der Waals surface area contributed by atoms with Crippen molar-refractivity contribution >= 4 is 17.0 Å². The molecule has 0 saturated carbocycles. The topological polar surface area (TPSA) is 56.4 Å². The molecule has 3 heterocycles. The Hall–Kier alpha value is -4.13. The van der Waals surface area contributed by atoms with E-state index in [2.05, 4.69) is 10.3 Å². The molecule has 2 aromatic carbocycles. The van der Waals surface area contributed by atoms with Crippen molar-refractivity contribution in [1.29, 1.82) is 0 Å². The molecule has 0 aliphatic rings. The summed E-state index contributed by atoms with van der Waals surface area (Å²) in [5, 5.41) is 3.46. The Morgan fingerprint density at radius 3 is 2.56 bits per heavy atom. The van der Waals surface area contributed by atoms with Gasteiger partial charge in [-0.25, -0.2) is 14.4 Å². The molecule has 0 aliphatic heterocycles. The number of imidazole rings is 2. The third-order valence-electron chi connectivity index (χ3n) is 5.46. The highest BCUT2D eigenvalue weighted by Gasteiger charge is 2.14. The van der Waals surface area contributed by atoms with Crippen LogP contribution >= 0.6 is 0 Å². The molecule has 0 radical (unpaired) electrons. The SMILES string of the molecule is COc1cc(Nc2cccn3c(C)c(-c4ccc(F)cc4)nc23)ccc1-n1cnc(C)c1. The van der Waals surface area contributed by atoms with Gasteiger partial charge in [0, 0.05) is 35.4 Å². The molecule has 0 bridgehead atoms. The zero-order valence-electron chi connectivity index (χ0n) is 18.0. The van der Waals surface area contributed by atoms with E-state index in [0.29, 0.717) is 0 Å². The zero-order valence-corrected chi connectivity index (χ0v) is 18.0. The number of aromatic nitrogens is 4. The van der Waals surface area contributed by atoms with E-state index in [9.17, 15) is 4.39 Å². The van der Waals surface area contributed by atoms with Gasteiger partial charge in [0.05, 0.1) is 36.2 Å². The first-order chi connectivity index (χ1) is 15.5. The molecule has 160 valence electrons. The summed E-state index contributed by atoms with van der Waals surface area (Å²) in [4.78, 5) is 9.15. The van der Waals surface area contributed by atoms with Crippen molar-refractivity contribution in [1.82, 2.24) is 18.9 Å². The van der Waals surface area contributed by atoms with Crippen molar-refractivity contribution in [2.75, 3.05) is 12.4 Å². The fourth-order valence-electron chi connectivity index (χ4n) is 3.84. The maximum atomic E-state index is 13.4. The summed E-state index contributed by atoms with van der Waals surface area (Å²) in [6.45, 7) is 3.96. The van der Waals surface area contributed by atoms with Gasteiger partial charge in [0.2, 0.25) is 0 Å². The molecule has 0 spiro atoms. The van der Waals surface area contributed by atoms with Crippen LogP contribution in [0.15, 0.2) is 73.3 Å². The Morgan fingerprint density at radius 2 is 1.84 bits per heavy atom. The predicted octanol–water partition coefficient (Wildman–Crippen LogP) is 5.70. The number of hydrogen-bond acceptors (Lipinski definition) is 4. The van der Waals surface area contributed by atoms with E-state index in [1.165, 1.54) is 12.1 Å². The minimum atomic E-state index is -0.263. The minimum absolute atomic E-state index is 0.263. The van der Waals surface area contributed by atoms with Gasteiger partial charge >= 0.3 is 0 Å². The summed E-state index contributed by atoms with van der Waals surface area (Å²) < 4.78 is 23.0. The largest absolute Gasteiger partial charge is 0.494 e. The fraction of sp³-hybridized carbons (Fsp3) is 0.120. The van der Waals surface area contributed by atoms with Crippen molar-refractivity contribution in [3.63, 3.8) is 0 Å². The number of anilines is 2. The Morgan fingerprint density at radius 1 is 1.03 bits per heavy atom. The standard InChI is InChI=1S/C25H22FN5O/c1-16-14-30(15-27-16)22-11-10-20(13-23(22)32-3)28-21-5-4-12-31-17(2)24(29-25(21)31)18-6-8-19(26)9-7-18/h4-15,28H,1-3H3. The Labute approximate surface area is 185 Å². The molecular weight excluding hydrogens is 405 g/mol. The van der Waals surface area contributed by atoms with Crippen LogP contribution in [-0.4, -0.2) is 26.0 Å². The molecule has 0 amide bonds. The highest BCUT2D eigenvalue weighted by Crippen LogP contribution is 2.32. The normalized spacial score (nSPS) is 11.1. The van der Waals surface area contributed by atoms with Gasteiger partial charge in [-0.05, 0) is 62.4 Å². The van der Waals surface area contributed by atoms with Gasteiger partial charge in [-0.2, -0.15) is 0 Å². The number of nitrogens with zero attached hydrogens (tertiary/aromatic N) is 4. The third kappa shape index (κ3) is 3.47. The van der Waals surface area contributed by atoms with Crippen LogP contribution in [0.25, 0.3) is 22.6 Å². The Bertz CT molecular complexity index is 1420. The van der Waals surface area contributed by atoms with Gasteiger partial charge in [-0.15, -0.1) is 0 Å². The summed E-state index contributed by atoms with van der Waals surface area (Å²) >= 11 is 0. The van der Waals surface area contributed by atoms with Gasteiger partial charge in [0.1, 0.15) is 11.6 Å². The quantitative estimate of drug-likeness (QED) is 0.391. The maximum absolute atomic E-state index is 13.4. The number of ether oxygens (including phenoxy) is 1. The summed E-state index contributed by atoms with van der Waals surface area (Å²) in [7, 11) is 1.65. The maximum Gasteiger partial charge on any atom is 0.161 e. The molecule has 1 N–H and O–H groups in total. The lowest BCUT2D eigenvalue weighted by Crippen LogP contribution is -1.99. The van der Waals surface area contributed by atoms with E-state index in [4.69, 9.17) is 9.72 Å². The van der Waals surface area contributed by atoms with Crippen LogP contribution in [0.4, 0.5) is 15.8 Å². The van der Waals surface area contributed by atoms with Crippen LogP contribution in [-0.2, 0) is 0 Å². The Kier molecular flexibility index (Phi) is 4.86. The van der Waals surface area contributed by atoms with E-state index in [1.54, 1.807) is 25.6 Å². The highest BCUT2D eigenvalue weighted by molar-refractivity contribution is 5.79. The molecule has 5 aromatic rings. The van der Waals surface area contributed by atoms with Gasteiger partial charge < -0.3 is 19.0 Å². The lowest BCUT2D eigenvalue weighted by Gasteiger charge is -2.13. The predicted molar refractivity (Wildman–Crippen MR) is 123 cm³/mol. The van der Waals surface area contributed by atoms with Crippen molar-refractivity contribution in [3.05, 3.63) is 90.5 Å². The lowest BCUT2D eigenvalue weighted by molar-refractivity contribution is 0.413. The molecule has 32 heavy (non-hydrogen) atoms. The first-order valence-electron chi connectivity index (χ1n) is 10.2. The summed E-state index contributed by atoms with van der Waals surface area (Å²) in [6, 6.07) is 16.3. The zero-order chi connectivity index (χ0) is 22.2. The van der Waals surface area contributed by atoms with Crippen LogP contribution < -0.4 is 10.1 Å². The number of fused-ring (bicyclic) bond motifs is 1. The number of hydrogen-bond donors (Lipinski definition) is 1. The molecule has 0 aliphatic carbocycles. The first kappa shape index (κ1) is 19.8. The molecule has 5 rings (SSSR count). The van der Waals surface area contributed by atoms with E-state index < -0.39 is 0 Å². The minimum Gasteiger partial charge on any atom is -0.494 e. The van der Waals surface area contributed by atoms with Gasteiger partial charge in [0.25, 0.3) is 0 Å². The molecule has 3 aromatic heterocycles. The number of pyridine rings is 1. The number of rotatable bonds is 5. The third-order valence-corrected chi connectivity index (χ3v) is 5.46. The number of aryl methyl sites for hydroxylation is 2. The van der Waals surface area contributed by atoms with Gasteiger partial charge in [-0.1, -0.05) is 0 Å². The smallest absolute Gasteiger partial charge is 0.161 e. The monoisotopic (exact) mass is 427 g/mol. The second-order valence-corrected chi connectivity index (χ2v) is 7.60. The molecule has 0 atom stereocenters. The average molecular weight is 427 g/mol. The first-order valence-corrected chi connectivity index (χ1v) is 10.2. The van der Waals surface area contributed by atoms with E-state index in [1.807, 2.05) is 65.5 Å². The number of benzene rings is 2. The van der Waals surface area contributed by atoms with Crippen LogP contribution in [0.3, 0.4) is 0 Å². The molecule has 0 unspecified atom stereocenters. The summed E-state index contributed by atoms with van der Waals surface area (Å²) in [6.07, 6.45) is 5.70. The molecule has 0 fully saturated rings. The molecule has 0 saturated heterocycles. The van der Waals surface area contributed by atoms with E-state index >= 15 is 0 Å². The number of methoxy groups -OCH3 is 1. The van der Waals surface area contributed by atoms with Crippen molar-refractivity contribution in [2.24, 2.45) is 0 Å². The van der Waals surface area contributed by atoms with E-state index in [0.717, 1.165) is 51.1 Å². The Balaban J connectivity index is 1.53. The second-order valence-electron chi connectivity index (χ2n) is 7.60. The molecule has 7 heteroatoms. The van der Waals surface area contributed by atoms with Crippen LogP contribution in [0.1, 0.15) is 11.4 Å². The molecule has 6 nitrogen and oxygen atoms in total. The van der Waals surface area contributed by atoms with Crippen LogP contribution in [0, 0.1) is 19.7 Å². The number of nitrogens with one attached hydrogen (secondary N) is 1. The number of halogens is 1. The fourth-order valence-corrected chi connectivity index (χ4v) is 3.84. The highest BCUT2D eigenvalue weighted by atomic mass is 19.1. The van der Waals surface area contributed by atoms with Gasteiger partial charge in [-0.3, -0.25) is 0 Å². The van der Waals surface area contributed by atoms with Gasteiger partial charge in [0.15, 0.2) is 5.65 Å². The average Bonchev–Trinajstić information content (AvgIpc) is 3.38. The lowest BCUT2D eigenvalue weighted by atomic mass is 10.1. The van der Waals surface area contributed by atoms with Crippen LogP contribution in [0.5, 0.6) is 5.75 Å². The van der Waals surface area contributed by atoms with Crippen molar-refractivity contribution in [2.45, 2.75) is 13.8 Å². The second kappa shape index (κ2) is 7.85. The van der Waals surface area contributed by atoms with Crippen molar-refractivity contribution < 1.29 is 9.13 Å².